The van der Waals surface area contributed by atoms with Gasteiger partial charge in [0.15, 0.2) is 0 Å². The summed E-state index contributed by atoms with van der Waals surface area (Å²) in [4.78, 5) is 7.00. The van der Waals surface area contributed by atoms with Gasteiger partial charge in [-0.1, -0.05) is 27.2 Å². The first-order valence-corrected chi connectivity index (χ1v) is 8.09. The van der Waals surface area contributed by atoms with Crippen molar-refractivity contribution in [3.05, 3.63) is 23.9 Å². The molecule has 1 aliphatic heterocycles. The molecule has 0 atom stereocenters. The molecule has 1 aromatic heterocycles. The van der Waals surface area contributed by atoms with Crippen LogP contribution in [0.4, 0.5) is 5.82 Å². The van der Waals surface area contributed by atoms with E-state index < -0.39 is 0 Å². The van der Waals surface area contributed by atoms with Crippen molar-refractivity contribution in [2.45, 2.75) is 46.6 Å². The topological polar surface area (TPSA) is 28.2 Å². The molecule has 0 amide bonds. The quantitative estimate of drug-likeness (QED) is 0.862. The third kappa shape index (κ3) is 4.48. The standard InChI is InChI=1S/C17H29N3/c1-4-15-6-9-20(10-7-15)17-11-16(5-8-19-17)13-18-12-14(2)3/h5,8,11,14-15,18H,4,6-7,9-10,12-13H2,1-3H3. The van der Waals surface area contributed by atoms with Crippen molar-refractivity contribution >= 4 is 5.82 Å². The van der Waals surface area contributed by atoms with E-state index >= 15 is 0 Å². The third-order valence-electron chi connectivity index (χ3n) is 4.21. The molecule has 0 spiro atoms. The van der Waals surface area contributed by atoms with Crippen molar-refractivity contribution in [1.82, 2.24) is 10.3 Å². The highest BCUT2D eigenvalue weighted by Gasteiger charge is 2.18. The zero-order valence-corrected chi connectivity index (χ0v) is 13.2. The van der Waals surface area contributed by atoms with Crippen molar-refractivity contribution in [1.29, 1.82) is 0 Å². The Hall–Kier alpha value is -1.09. The summed E-state index contributed by atoms with van der Waals surface area (Å²) >= 11 is 0. The van der Waals surface area contributed by atoms with E-state index in [0.29, 0.717) is 5.92 Å². The number of pyridine rings is 1. The Balaban J connectivity index is 1.89. The van der Waals surface area contributed by atoms with Crippen LogP contribution in [0.15, 0.2) is 18.3 Å². The fraction of sp³-hybridized carbons (Fsp3) is 0.706. The minimum atomic E-state index is 0.698. The molecule has 0 saturated carbocycles. The van der Waals surface area contributed by atoms with Crippen molar-refractivity contribution in [3.63, 3.8) is 0 Å². The maximum Gasteiger partial charge on any atom is 0.128 e. The number of hydrogen-bond acceptors (Lipinski definition) is 3. The van der Waals surface area contributed by atoms with Crippen LogP contribution in [0.5, 0.6) is 0 Å². The maximum atomic E-state index is 4.56. The second-order valence-corrected chi connectivity index (χ2v) is 6.39. The predicted octanol–water partition coefficient (Wildman–Crippen LogP) is 3.45. The average molecular weight is 275 g/mol. The predicted molar refractivity (Wildman–Crippen MR) is 86.0 cm³/mol. The summed E-state index contributed by atoms with van der Waals surface area (Å²) < 4.78 is 0. The van der Waals surface area contributed by atoms with Gasteiger partial charge < -0.3 is 10.2 Å². The second kappa shape index (κ2) is 7.63. The highest BCUT2D eigenvalue weighted by Crippen LogP contribution is 2.24. The SMILES string of the molecule is CCC1CCN(c2cc(CNCC(C)C)ccn2)CC1. The molecule has 2 rings (SSSR count). The molecule has 2 heterocycles. The molecule has 1 aliphatic rings. The maximum absolute atomic E-state index is 4.56. The van der Waals surface area contributed by atoms with Gasteiger partial charge in [-0.3, -0.25) is 0 Å². The number of rotatable bonds is 6. The molecular weight excluding hydrogens is 246 g/mol. The largest absolute Gasteiger partial charge is 0.357 e. The fourth-order valence-corrected chi connectivity index (χ4v) is 2.82. The minimum absolute atomic E-state index is 0.698. The van der Waals surface area contributed by atoms with Crippen molar-refractivity contribution in [2.75, 3.05) is 24.5 Å². The number of hydrogen-bond donors (Lipinski definition) is 1. The fourth-order valence-electron chi connectivity index (χ4n) is 2.82. The molecule has 20 heavy (non-hydrogen) atoms. The first kappa shape index (κ1) is 15.3. The summed E-state index contributed by atoms with van der Waals surface area (Å²) in [7, 11) is 0. The molecular formula is C17H29N3. The second-order valence-electron chi connectivity index (χ2n) is 6.39. The molecule has 0 radical (unpaired) electrons. The molecule has 1 aromatic rings. The number of nitrogens with zero attached hydrogens (tertiary/aromatic N) is 2. The number of aromatic nitrogens is 1. The molecule has 0 aromatic carbocycles. The van der Waals surface area contributed by atoms with E-state index in [1.165, 1.54) is 24.8 Å². The Morgan fingerprint density at radius 2 is 2.10 bits per heavy atom. The Kier molecular flexibility index (Phi) is 5.84. The van der Waals surface area contributed by atoms with Gasteiger partial charge in [0, 0.05) is 25.8 Å². The van der Waals surface area contributed by atoms with Crippen LogP contribution >= 0.6 is 0 Å². The minimum Gasteiger partial charge on any atom is -0.357 e. The summed E-state index contributed by atoms with van der Waals surface area (Å²) in [5.41, 5.74) is 1.34. The third-order valence-corrected chi connectivity index (χ3v) is 4.21. The molecule has 112 valence electrons. The van der Waals surface area contributed by atoms with E-state index in [9.17, 15) is 0 Å². The molecule has 3 nitrogen and oxygen atoms in total. The van der Waals surface area contributed by atoms with E-state index in [-0.39, 0.29) is 0 Å². The monoisotopic (exact) mass is 275 g/mol. The van der Waals surface area contributed by atoms with Crippen molar-refractivity contribution in [3.8, 4) is 0 Å². The number of piperidine rings is 1. The van der Waals surface area contributed by atoms with Gasteiger partial charge in [-0.05, 0) is 48.9 Å². The Morgan fingerprint density at radius 3 is 2.75 bits per heavy atom. The van der Waals surface area contributed by atoms with E-state index in [1.54, 1.807) is 0 Å². The van der Waals surface area contributed by atoms with Crippen LogP contribution in [0.2, 0.25) is 0 Å². The lowest BCUT2D eigenvalue weighted by Gasteiger charge is -2.32. The summed E-state index contributed by atoms with van der Waals surface area (Å²) in [6, 6.07) is 4.37. The van der Waals surface area contributed by atoms with Crippen molar-refractivity contribution in [2.24, 2.45) is 11.8 Å². The van der Waals surface area contributed by atoms with Crippen LogP contribution in [0.1, 0.15) is 45.6 Å². The lowest BCUT2D eigenvalue weighted by Crippen LogP contribution is -2.34. The molecule has 0 unspecified atom stereocenters. The van der Waals surface area contributed by atoms with Gasteiger partial charge in [-0.2, -0.15) is 0 Å². The van der Waals surface area contributed by atoms with Gasteiger partial charge in [0.2, 0.25) is 0 Å². The lowest BCUT2D eigenvalue weighted by molar-refractivity contribution is 0.393. The van der Waals surface area contributed by atoms with Gasteiger partial charge in [0.1, 0.15) is 5.82 Å². The summed E-state index contributed by atoms with van der Waals surface area (Å²) in [5.74, 6) is 2.77. The first-order valence-electron chi connectivity index (χ1n) is 8.09. The van der Waals surface area contributed by atoms with Gasteiger partial charge in [0.25, 0.3) is 0 Å². The highest BCUT2D eigenvalue weighted by atomic mass is 15.2. The highest BCUT2D eigenvalue weighted by molar-refractivity contribution is 5.41. The van der Waals surface area contributed by atoms with Crippen LogP contribution in [-0.4, -0.2) is 24.6 Å². The van der Waals surface area contributed by atoms with E-state index in [1.807, 2.05) is 6.20 Å². The molecule has 1 saturated heterocycles. The van der Waals surface area contributed by atoms with Gasteiger partial charge in [-0.25, -0.2) is 4.98 Å². The van der Waals surface area contributed by atoms with E-state index in [2.05, 4.69) is 48.1 Å². The average Bonchev–Trinajstić information content (AvgIpc) is 2.47. The Morgan fingerprint density at radius 1 is 1.35 bits per heavy atom. The molecule has 0 aliphatic carbocycles. The lowest BCUT2D eigenvalue weighted by atomic mass is 9.94. The van der Waals surface area contributed by atoms with Crippen LogP contribution in [0, 0.1) is 11.8 Å². The zero-order chi connectivity index (χ0) is 14.4. The van der Waals surface area contributed by atoms with Crippen LogP contribution in [-0.2, 0) is 6.54 Å². The molecule has 1 N–H and O–H groups in total. The Bertz CT molecular complexity index is 395. The zero-order valence-electron chi connectivity index (χ0n) is 13.2. The summed E-state index contributed by atoms with van der Waals surface area (Å²) in [6.45, 7) is 11.1. The first-order chi connectivity index (χ1) is 9.69. The Labute approximate surface area is 123 Å². The summed E-state index contributed by atoms with van der Waals surface area (Å²) in [5, 5.41) is 3.50. The molecule has 3 heteroatoms. The molecule has 1 fully saturated rings. The normalized spacial score (nSPS) is 16.9. The van der Waals surface area contributed by atoms with Gasteiger partial charge in [-0.15, -0.1) is 0 Å². The smallest absolute Gasteiger partial charge is 0.128 e. The van der Waals surface area contributed by atoms with Crippen LogP contribution in [0.3, 0.4) is 0 Å². The van der Waals surface area contributed by atoms with Crippen molar-refractivity contribution < 1.29 is 0 Å². The van der Waals surface area contributed by atoms with Gasteiger partial charge in [0.05, 0.1) is 0 Å². The van der Waals surface area contributed by atoms with Crippen LogP contribution in [0.25, 0.3) is 0 Å². The van der Waals surface area contributed by atoms with E-state index in [4.69, 9.17) is 0 Å². The van der Waals surface area contributed by atoms with Gasteiger partial charge >= 0.3 is 0 Å². The molecule has 0 bridgehead atoms. The summed E-state index contributed by atoms with van der Waals surface area (Å²) in [6.07, 6.45) is 5.90. The van der Waals surface area contributed by atoms with E-state index in [0.717, 1.165) is 37.9 Å². The number of nitrogens with one attached hydrogen (secondary N) is 1. The number of anilines is 1. The van der Waals surface area contributed by atoms with Crippen LogP contribution < -0.4 is 10.2 Å².